The molecular formula is C20H16ClN5O2. The summed E-state index contributed by atoms with van der Waals surface area (Å²) in [5, 5.41) is 9.51. The van der Waals surface area contributed by atoms with Crippen LogP contribution in [0.25, 0.3) is 10.9 Å². The van der Waals surface area contributed by atoms with Crippen molar-refractivity contribution in [1.29, 1.82) is 0 Å². The van der Waals surface area contributed by atoms with Crippen molar-refractivity contribution in [3.05, 3.63) is 47.1 Å². The van der Waals surface area contributed by atoms with E-state index in [9.17, 15) is 9.59 Å². The van der Waals surface area contributed by atoms with Gasteiger partial charge < -0.3 is 16.0 Å². The van der Waals surface area contributed by atoms with Gasteiger partial charge in [0.25, 0.3) is 0 Å². The highest BCUT2D eigenvalue weighted by Gasteiger charge is 2.09. The first-order chi connectivity index (χ1) is 13.4. The molecule has 8 heteroatoms. The Morgan fingerprint density at radius 1 is 1.04 bits per heavy atom. The van der Waals surface area contributed by atoms with E-state index in [-0.39, 0.29) is 11.8 Å². The van der Waals surface area contributed by atoms with Crippen LogP contribution in [-0.2, 0) is 9.59 Å². The van der Waals surface area contributed by atoms with Gasteiger partial charge in [-0.25, -0.2) is 9.97 Å². The molecule has 0 saturated carbocycles. The summed E-state index contributed by atoms with van der Waals surface area (Å²) in [6.07, 6.45) is 7.01. The number of fused-ring (bicyclic) bond motifs is 1. The lowest BCUT2D eigenvalue weighted by Gasteiger charge is -2.12. The van der Waals surface area contributed by atoms with Crippen molar-refractivity contribution in [3.63, 3.8) is 0 Å². The Morgan fingerprint density at radius 2 is 1.64 bits per heavy atom. The van der Waals surface area contributed by atoms with Crippen LogP contribution in [0.4, 0.5) is 23.0 Å². The summed E-state index contributed by atoms with van der Waals surface area (Å²) >= 11 is 6.27. The van der Waals surface area contributed by atoms with Crippen LogP contribution >= 0.6 is 11.6 Å². The van der Waals surface area contributed by atoms with Crippen LogP contribution in [0.1, 0.15) is 19.4 Å². The van der Waals surface area contributed by atoms with Crippen LogP contribution < -0.4 is 16.0 Å². The number of nitrogens with one attached hydrogen (secondary N) is 3. The van der Waals surface area contributed by atoms with E-state index in [1.807, 2.05) is 0 Å². The Hall–Kier alpha value is -3.63. The van der Waals surface area contributed by atoms with Crippen LogP contribution in [-0.4, -0.2) is 21.8 Å². The van der Waals surface area contributed by atoms with E-state index >= 15 is 0 Å². The second kappa shape index (κ2) is 7.94. The van der Waals surface area contributed by atoms with E-state index in [0.717, 1.165) is 0 Å². The predicted molar refractivity (Wildman–Crippen MR) is 111 cm³/mol. The lowest BCUT2D eigenvalue weighted by Crippen LogP contribution is -2.09. The highest BCUT2D eigenvalue weighted by molar-refractivity contribution is 6.36. The molecule has 1 heterocycles. The van der Waals surface area contributed by atoms with Crippen molar-refractivity contribution in [1.82, 2.24) is 9.97 Å². The molecular weight excluding hydrogens is 378 g/mol. The van der Waals surface area contributed by atoms with Crippen LogP contribution in [0, 0.1) is 12.3 Å². The molecule has 0 radical (unpaired) electrons. The summed E-state index contributed by atoms with van der Waals surface area (Å²) in [6.45, 7) is 2.80. The topological polar surface area (TPSA) is 96.0 Å². The minimum absolute atomic E-state index is 0.230. The number of hydrogen-bond acceptors (Lipinski definition) is 5. The summed E-state index contributed by atoms with van der Waals surface area (Å²) in [4.78, 5) is 31.5. The molecule has 140 valence electrons. The molecule has 0 saturated heterocycles. The first kappa shape index (κ1) is 19.1. The molecule has 3 aromatic rings. The zero-order valence-corrected chi connectivity index (χ0v) is 15.9. The van der Waals surface area contributed by atoms with E-state index in [2.05, 4.69) is 31.8 Å². The third-order valence-electron chi connectivity index (χ3n) is 3.68. The van der Waals surface area contributed by atoms with Crippen molar-refractivity contribution >= 4 is 57.3 Å². The summed E-state index contributed by atoms with van der Waals surface area (Å²) in [5.41, 5.74) is 2.82. The van der Waals surface area contributed by atoms with Crippen molar-refractivity contribution in [2.45, 2.75) is 13.8 Å². The molecule has 2 aromatic carbocycles. The Kier molecular flexibility index (Phi) is 5.43. The lowest BCUT2D eigenvalue weighted by atomic mass is 10.1. The van der Waals surface area contributed by atoms with Crippen molar-refractivity contribution < 1.29 is 9.59 Å². The number of amides is 2. The average molecular weight is 394 g/mol. The van der Waals surface area contributed by atoms with Crippen molar-refractivity contribution in [3.8, 4) is 12.3 Å². The van der Waals surface area contributed by atoms with Gasteiger partial charge in [-0.3, -0.25) is 9.59 Å². The van der Waals surface area contributed by atoms with Crippen LogP contribution in [0.15, 0.2) is 36.5 Å². The molecule has 3 rings (SSSR count). The number of hydrogen-bond donors (Lipinski definition) is 3. The number of carbonyl (C=O) groups excluding carboxylic acids is 2. The fraction of sp³-hybridized carbons (Fsp3) is 0.100. The number of anilines is 4. The maximum atomic E-state index is 11.4. The molecule has 0 fully saturated rings. The van der Waals surface area contributed by atoms with Gasteiger partial charge in [0.15, 0.2) is 0 Å². The van der Waals surface area contributed by atoms with Gasteiger partial charge >= 0.3 is 0 Å². The van der Waals surface area contributed by atoms with E-state index in [1.54, 1.807) is 36.5 Å². The Morgan fingerprint density at radius 3 is 2.21 bits per heavy atom. The van der Waals surface area contributed by atoms with Gasteiger partial charge in [-0.2, -0.15) is 0 Å². The minimum Gasteiger partial charge on any atom is -0.326 e. The first-order valence-corrected chi connectivity index (χ1v) is 8.62. The quantitative estimate of drug-likeness (QED) is 0.584. The molecule has 0 atom stereocenters. The number of aromatic nitrogens is 2. The monoisotopic (exact) mass is 393 g/mol. The molecule has 0 aliphatic rings. The van der Waals surface area contributed by atoms with Gasteiger partial charge in [0, 0.05) is 48.1 Å². The summed E-state index contributed by atoms with van der Waals surface area (Å²) < 4.78 is 0. The van der Waals surface area contributed by atoms with E-state index in [0.29, 0.717) is 44.5 Å². The lowest BCUT2D eigenvalue weighted by molar-refractivity contribution is -0.115. The standard InChI is InChI=1S/C20H16ClN5O2/c1-4-13-5-6-18-17(19(13)21)10-22-20(26-18)25-16-8-14(23-11(2)27)7-15(9-16)24-12(3)28/h1,5-10H,2-3H3,(H,23,27)(H,24,28)(H,22,25,26). The Balaban J connectivity index is 1.96. The average Bonchev–Trinajstić information content (AvgIpc) is 2.60. The zero-order chi connectivity index (χ0) is 20.3. The number of halogens is 1. The maximum Gasteiger partial charge on any atom is 0.227 e. The molecule has 0 bridgehead atoms. The summed E-state index contributed by atoms with van der Waals surface area (Å²) in [5.74, 6) is 2.38. The number of benzene rings is 2. The van der Waals surface area contributed by atoms with E-state index in [1.165, 1.54) is 13.8 Å². The van der Waals surface area contributed by atoms with Gasteiger partial charge in [-0.1, -0.05) is 17.5 Å². The van der Waals surface area contributed by atoms with Crippen LogP contribution in [0.5, 0.6) is 0 Å². The minimum atomic E-state index is -0.230. The summed E-state index contributed by atoms with van der Waals surface area (Å²) in [7, 11) is 0. The van der Waals surface area contributed by atoms with Gasteiger partial charge in [0.2, 0.25) is 17.8 Å². The third-order valence-corrected chi connectivity index (χ3v) is 4.09. The molecule has 1 aromatic heterocycles. The van der Waals surface area contributed by atoms with E-state index in [4.69, 9.17) is 18.0 Å². The zero-order valence-electron chi connectivity index (χ0n) is 15.1. The fourth-order valence-electron chi connectivity index (χ4n) is 2.62. The van der Waals surface area contributed by atoms with Crippen molar-refractivity contribution in [2.24, 2.45) is 0 Å². The number of rotatable bonds is 4. The second-order valence-electron chi connectivity index (χ2n) is 5.98. The third kappa shape index (κ3) is 4.37. The van der Waals surface area contributed by atoms with Gasteiger partial charge in [0.1, 0.15) is 0 Å². The highest BCUT2D eigenvalue weighted by Crippen LogP contribution is 2.28. The number of nitrogens with zero attached hydrogens (tertiary/aromatic N) is 2. The molecule has 0 unspecified atom stereocenters. The van der Waals surface area contributed by atoms with Crippen LogP contribution in [0.2, 0.25) is 5.02 Å². The van der Waals surface area contributed by atoms with Crippen molar-refractivity contribution in [2.75, 3.05) is 16.0 Å². The highest BCUT2D eigenvalue weighted by atomic mass is 35.5. The molecule has 0 aliphatic carbocycles. The second-order valence-corrected chi connectivity index (χ2v) is 6.36. The van der Waals surface area contributed by atoms with Gasteiger partial charge in [0.05, 0.1) is 10.5 Å². The Bertz CT molecular complexity index is 1100. The first-order valence-electron chi connectivity index (χ1n) is 8.25. The van der Waals surface area contributed by atoms with E-state index < -0.39 is 0 Å². The predicted octanol–water partition coefficient (Wildman–Crippen LogP) is 3.92. The molecule has 7 nitrogen and oxygen atoms in total. The normalized spacial score (nSPS) is 10.2. The number of terminal acetylenes is 1. The molecule has 28 heavy (non-hydrogen) atoms. The smallest absolute Gasteiger partial charge is 0.227 e. The van der Waals surface area contributed by atoms with Gasteiger partial charge in [-0.15, -0.1) is 6.42 Å². The molecule has 0 aliphatic heterocycles. The Labute approximate surface area is 166 Å². The molecule has 0 spiro atoms. The van der Waals surface area contributed by atoms with Crippen LogP contribution in [0.3, 0.4) is 0 Å². The summed E-state index contributed by atoms with van der Waals surface area (Å²) in [6, 6.07) is 8.53. The largest absolute Gasteiger partial charge is 0.326 e. The molecule has 2 amide bonds. The number of carbonyl (C=O) groups is 2. The van der Waals surface area contributed by atoms with Gasteiger partial charge in [-0.05, 0) is 30.3 Å². The molecule has 3 N–H and O–H groups in total. The maximum absolute atomic E-state index is 11.4. The fourth-order valence-corrected chi connectivity index (χ4v) is 2.89. The SMILES string of the molecule is C#Cc1ccc2nc(Nc3cc(NC(C)=O)cc(NC(C)=O)c3)ncc2c1Cl.